The van der Waals surface area contributed by atoms with E-state index in [1.165, 1.54) is 0 Å². The Morgan fingerprint density at radius 3 is 2.39 bits per heavy atom. The van der Waals surface area contributed by atoms with Gasteiger partial charge in [0.25, 0.3) is 0 Å². The zero-order valence-corrected chi connectivity index (χ0v) is 14.5. The maximum Gasteiger partial charge on any atom is 0.243 e. The summed E-state index contributed by atoms with van der Waals surface area (Å²) in [6.45, 7) is 9.13. The minimum absolute atomic E-state index is 0.0120. The quantitative estimate of drug-likeness (QED) is 0.753. The van der Waals surface area contributed by atoms with Crippen molar-refractivity contribution in [1.82, 2.24) is 10.2 Å². The summed E-state index contributed by atoms with van der Waals surface area (Å²) in [6, 6.07) is -0.189. The second kappa shape index (κ2) is 7.53. The molecule has 6 nitrogen and oxygen atoms in total. The summed E-state index contributed by atoms with van der Waals surface area (Å²) in [7, 11) is 0. The molecule has 2 N–H and O–H groups in total. The summed E-state index contributed by atoms with van der Waals surface area (Å²) in [5.41, 5.74) is 0.00171. The first kappa shape index (κ1) is 18.1. The molecule has 0 aromatic heterocycles. The fourth-order valence-corrected chi connectivity index (χ4v) is 2.91. The molecule has 1 unspecified atom stereocenters. The minimum Gasteiger partial charge on any atom is -0.381 e. The summed E-state index contributed by atoms with van der Waals surface area (Å²) in [5.74, 6) is 0.00646. The van der Waals surface area contributed by atoms with Crippen LogP contribution in [0.4, 0.5) is 0 Å². The van der Waals surface area contributed by atoms with E-state index in [1.54, 1.807) is 0 Å². The highest BCUT2D eigenvalue weighted by molar-refractivity contribution is 6.07. The highest BCUT2D eigenvalue weighted by atomic mass is 16.5. The van der Waals surface area contributed by atoms with Crippen LogP contribution in [0.15, 0.2) is 0 Å². The van der Waals surface area contributed by atoms with Crippen LogP contribution in [0.2, 0.25) is 0 Å². The summed E-state index contributed by atoms with van der Waals surface area (Å²) in [6.07, 6.45) is 2.89. The fourth-order valence-electron chi connectivity index (χ4n) is 2.91. The highest BCUT2D eigenvalue weighted by Crippen LogP contribution is 2.24. The predicted molar refractivity (Wildman–Crippen MR) is 88.5 cm³/mol. The monoisotopic (exact) mass is 323 g/mol. The number of hydrogen-bond donors (Lipinski definition) is 2. The van der Waals surface area contributed by atoms with Crippen molar-refractivity contribution >= 4 is 17.5 Å². The van der Waals surface area contributed by atoms with E-state index < -0.39 is 0 Å². The lowest BCUT2D eigenvalue weighted by molar-refractivity contribution is -0.136. The standard InChI is InChI=1S/C17H29N3O3/c1-17(2,3)14(18)10-15(21)19-16(22)13-4-7-20(13)11-12-5-8-23-9-6-12/h12-13,18H,4-11H2,1-3H3,(H,19,21,22). The number of hydrogen-bond acceptors (Lipinski definition) is 5. The molecule has 0 aromatic carbocycles. The molecule has 23 heavy (non-hydrogen) atoms. The highest BCUT2D eigenvalue weighted by Gasteiger charge is 2.36. The maximum absolute atomic E-state index is 12.3. The molecule has 2 aliphatic heterocycles. The van der Waals surface area contributed by atoms with Gasteiger partial charge >= 0.3 is 0 Å². The van der Waals surface area contributed by atoms with Crippen LogP contribution in [-0.2, 0) is 14.3 Å². The summed E-state index contributed by atoms with van der Waals surface area (Å²) < 4.78 is 5.36. The molecule has 0 aliphatic carbocycles. The van der Waals surface area contributed by atoms with Crippen LogP contribution in [0.3, 0.4) is 0 Å². The van der Waals surface area contributed by atoms with Crippen molar-refractivity contribution in [2.45, 2.75) is 52.5 Å². The molecule has 0 saturated carbocycles. The number of rotatable bonds is 5. The van der Waals surface area contributed by atoms with E-state index in [1.807, 2.05) is 20.8 Å². The van der Waals surface area contributed by atoms with Gasteiger partial charge in [-0.15, -0.1) is 0 Å². The molecule has 0 aromatic rings. The molecule has 2 amide bonds. The topological polar surface area (TPSA) is 82.5 Å². The van der Waals surface area contributed by atoms with Gasteiger partial charge in [-0.05, 0) is 25.2 Å². The molecule has 2 fully saturated rings. The summed E-state index contributed by atoms with van der Waals surface area (Å²) in [5, 5.41) is 10.4. The van der Waals surface area contributed by atoms with Crippen LogP contribution >= 0.6 is 0 Å². The van der Waals surface area contributed by atoms with E-state index in [2.05, 4.69) is 10.2 Å². The van der Waals surface area contributed by atoms with Gasteiger partial charge in [0.2, 0.25) is 11.8 Å². The smallest absolute Gasteiger partial charge is 0.243 e. The number of nitrogens with zero attached hydrogens (tertiary/aromatic N) is 1. The number of amides is 2. The van der Waals surface area contributed by atoms with Crippen LogP contribution in [0.1, 0.15) is 46.5 Å². The van der Waals surface area contributed by atoms with E-state index in [0.717, 1.165) is 45.6 Å². The molecule has 2 rings (SSSR count). The second-order valence-electron chi connectivity index (χ2n) is 7.67. The molecular weight excluding hydrogens is 294 g/mol. The van der Waals surface area contributed by atoms with Gasteiger partial charge in [0.1, 0.15) is 0 Å². The first-order valence-corrected chi connectivity index (χ1v) is 8.51. The average Bonchev–Trinajstić information content (AvgIpc) is 2.43. The lowest BCUT2D eigenvalue weighted by Gasteiger charge is -2.42. The van der Waals surface area contributed by atoms with Gasteiger partial charge in [-0.1, -0.05) is 20.8 Å². The minimum atomic E-state index is -0.368. The normalized spacial score (nSPS) is 23.2. The molecule has 130 valence electrons. The van der Waals surface area contributed by atoms with Gasteiger partial charge in [-0.3, -0.25) is 19.8 Å². The fraction of sp³-hybridized carbons (Fsp3) is 0.824. The number of carbonyl (C=O) groups is 2. The zero-order valence-electron chi connectivity index (χ0n) is 14.5. The van der Waals surface area contributed by atoms with Crippen LogP contribution < -0.4 is 5.32 Å². The van der Waals surface area contributed by atoms with Gasteiger partial charge in [-0.25, -0.2) is 0 Å². The molecule has 0 bridgehead atoms. The third-order valence-corrected chi connectivity index (χ3v) is 4.77. The Kier molecular flexibility index (Phi) is 5.92. The average molecular weight is 323 g/mol. The van der Waals surface area contributed by atoms with E-state index in [4.69, 9.17) is 10.1 Å². The van der Waals surface area contributed by atoms with Gasteiger partial charge in [-0.2, -0.15) is 0 Å². The van der Waals surface area contributed by atoms with Crippen LogP contribution in [-0.4, -0.2) is 54.8 Å². The number of imide groups is 1. The number of ether oxygens (including phenoxy) is 1. The van der Waals surface area contributed by atoms with E-state index in [9.17, 15) is 9.59 Å². The molecule has 2 saturated heterocycles. The lowest BCUT2D eigenvalue weighted by atomic mass is 9.88. The van der Waals surface area contributed by atoms with Crippen molar-refractivity contribution in [2.24, 2.45) is 11.3 Å². The van der Waals surface area contributed by atoms with Crippen LogP contribution in [0.25, 0.3) is 0 Å². The number of carbonyl (C=O) groups excluding carboxylic acids is 2. The molecule has 0 radical (unpaired) electrons. The van der Waals surface area contributed by atoms with Crippen molar-refractivity contribution in [3.8, 4) is 0 Å². The van der Waals surface area contributed by atoms with Crippen molar-refractivity contribution in [2.75, 3.05) is 26.3 Å². The Balaban J connectivity index is 1.76. The second-order valence-corrected chi connectivity index (χ2v) is 7.67. The first-order valence-electron chi connectivity index (χ1n) is 8.51. The summed E-state index contributed by atoms with van der Waals surface area (Å²) >= 11 is 0. The third-order valence-electron chi connectivity index (χ3n) is 4.77. The number of nitrogens with one attached hydrogen (secondary N) is 2. The molecule has 2 aliphatic rings. The Morgan fingerprint density at radius 2 is 1.87 bits per heavy atom. The molecule has 1 atom stereocenters. The molecule has 6 heteroatoms. The van der Waals surface area contributed by atoms with Gasteiger partial charge in [0.05, 0.1) is 12.5 Å². The van der Waals surface area contributed by atoms with Crippen molar-refractivity contribution in [1.29, 1.82) is 5.41 Å². The van der Waals surface area contributed by atoms with Crippen molar-refractivity contribution < 1.29 is 14.3 Å². The largest absolute Gasteiger partial charge is 0.381 e. The van der Waals surface area contributed by atoms with Crippen molar-refractivity contribution in [3.05, 3.63) is 0 Å². The number of likely N-dealkylation sites (tertiary alicyclic amines) is 1. The predicted octanol–water partition coefficient (Wildman–Crippen LogP) is 1.59. The van der Waals surface area contributed by atoms with E-state index in [-0.39, 0.29) is 29.7 Å². The van der Waals surface area contributed by atoms with Crippen LogP contribution in [0, 0.1) is 16.7 Å². The van der Waals surface area contributed by atoms with Crippen molar-refractivity contribution in [3.63, 3.8) is 0 Å². The molecule has 2 heterocycles. The third kappa shape index (κ3) is 5.11. The Bertz CT molecular complexity index is 464. The first-order chi connectivity index (χ1) is 10.8. The Hall–Kier alpha value is -1.27. The zero-order chi connectivity index (χ0) is 17.0. The molecule has 0 spiro atoms. The van der Waals surface area contributed by atoms with Gasteiger partial charge in [0.15, 0.2) is 0 Å². The lowest BCUT2D eigenvalue weighted by Crippen LogP contribution is -2.58. The molecular formula is C17H29N3O3. The Morgan fingerprint density at radius 1 is 1.22 bits per heavy atom. The summed E-state index contributed by atoms with van der Waals surface area (Å²) in [4.78, 5) is 26.4. The SMILES string of the molecule is CC(C)(C)C(=N)CC(=O)NC(=O)C1CCN1CC1CCOCC1. The van der Waals surface area contributed by atoms with Crippen LogP contribution in [0.5, 0.6) is 0 Å². The maximum atomic E-state index is 12.3. The van der Waals surface area contributed by atoms with E-state index >= 15 is 0 Å². The van der Waals surface area contributed by atoms with E-state index in [0.29, 0.717) is 11.6 Å². The van der Waals surface area contributed by atoms with Gasteiger partial charge in [0, 0.05) is 37.4 Å². The van der Waals surface area contributed by atoms with Gasteiger partial charge < -0.3 is 10.1 Å². The Labute approximate surface area is 138 Å².